The Morgan fingerprint density at radius 1 is 1.00 bits per heavy atom. The highest BCUT2D eigenvalue weighted by Gasteiger charge is 2.11. The number of ketones is 1. The number of phenols is 1. The highest BCUT2D eigenvalue weighted by atomic mass is 16.5. The Hall–Kier alpha value is -3.41. The number of unbranched alkanes of at least 4 members (excludes halogenated alkanes) is 2. The van der Waals surface area contributed by atoms with Gasteiger partial charge in [0.2, 0.25) is 6.41 Å². The highest BCUT2D eigenvalue weighted by Crippen LogP contribution is 2.15. The molecule has 0 spiro atoms. The van der Waals surface area contributed by atoms with E-state index in [4.69, 9.17) is 9.84 Å². The molecule has 0 heterocycles. The first-order chi connectivity index (χ1) is 18.6. The molecule has 0 saturated heterocycles. The summed E-state index contributed by atoms with van der Waals surface area (Å²) in [7, 11) is 0. The molecule has 0 aliphatic carbocycles. The van der Waals surface area contributed by atoms with Crippen molar-refractivity contribution < 1.29 is 24.2 Å². The molecule has 39 heavy (non-hydrogen) atoms. The number of aromatic hydroxyl groups is 1. The number of amides is 1. The molecular weight excluding hydrogens is 490 g/mol. The molecular formula is C33H51NO5. The van der Waals surface area contributed by atoms with Gasteiger partial charge in [0, 0.05) is 12.0 Å². The Kier molecular flexibility index (Phi) is 25.4. The third-order valence-corrected chi connectivity index (χ3v) is 5.12. The number of phenolic OH excluding ortho intramolecular Hbond substituents is 1. The fourth-order valence-electron chi connectivity index (χ4n) is 3.17. The third kappa shape index (κ3) is 26.0. The molecule has 2 aromatic rings. The SMILES string of the molecule is C=CCCC.CCCCOC(=O)CC(C)CC(C)C.Cc1ccc(O)cc1.O=CNCC(=O)c1ccccc1. The fourth-order valence-corrected chi connectivity index (χ4v) is 3.17. The summed E-state index contributed by atoms with van der Waals surface area (Å²) in [6.07, 6.45) is 8.55. The van der Waals surface area contributed by atoms with Gasteiger partial charge in [-0.2, -0.15) is 0 Å². The normalized spacial score (nSPS) is 10.2. The van der Waals surface area contributed by atoms with E-state index in [9.17, 15) is 14.4 Å². The van der Waals surface area contributed by atoms with Gasteiger partial charge in [0.05, 0.1) is 13.2 Å². The molecule has 0 aliphatic rings. The molecule has 1 unspecified atom stereocenters. The number of rotatable bonds is 13. The Labute approximate surface area is 236 Å². The van der Waals surface area contributed by atoms with Gasteiger partial charge in [0.25, 0.3) is 0 Å². The number of carbonyl (C=O) groups is 3. The predicted octanol–water partition coefficient (Wildman–Crippen LogP) is 7.69. The first kappa shape index (κ1) is 37.7. The van der Waals surface area contributed by atoms with Crippen molar-refractivity contribution in [3.63, 3.8) is 0 Å². The van der Waals surface area contributed by atoms with Gasteiger partial charge >= 0.3 is 5.97 Å². The van der Waals surface area contributed by atoms with Crippen molar-refractivity contribution in [3.05, 3.63) is 78.4 Å². The second-order valence-corrected chi connectivity index (χ2v) is 9.71. The molecule has 218 valence electrons. The largest absolute Gasteiger partial charge is 0.508 e. The fraction of sp³-hybridized carbons (Fsp3) is 0.485. The van der Waals surface area contributed by atoms with E-state index in [2.05, 4.69) is 46.5 Å². The number of ether oxygens (including phenoxy) is 1. The zero-order chi connectivity index (χ0) is 29.9. The van der Waals surface area contributed by atoms with Crippen molar-refractivity contribution in [1.82, 2.24) is 5.32 Å². The Morgan fingerprint density at radius 2 is 1.62 bits per heavy atom. The number of benzene rings is 2. The molecule has 6 nitrogen and oxygen atoms in total. The lowest BCUT2D eigenvalue weighted by molar-refractivity contribution is -0.144. The Morgan fingerprint density at radius 3 is 2.05 bits per heavy atom. The van der Waals surface area contributed by atoms with Crippen molar-refractivity contribution >= 4 is 18.2 Å². The molecule has 0 aliphatic heterocycles. The number of hydrogen-bond donors (Lipinski definition) is 2. The van der Waals surface area contributed by atoms with Crippen LogP contribution in [0.25, 0.3) is 0 Å². The van der Waals surface area contributed by atoms with E-state index >= 15 is 0 Å². The van der Waals surface area contributed by atoms with E-state index < -0.39 is 0 Å². The van der Waals surface area contributed by atoms with E-state index in [1.165, 1.54) is 12.0 Å². The summed E-state index contributed by atoms with van der Waals surface area (Å²) in [6, 6.07) is 15.9. The maximum absolute atomic E-state index is 11.3. The van der Waals surface area contributed by atoms with E-state index in [0.29, 0.717) is 42.6 Å². The molecule has 6 heteroatoms. The van der Waals surface area contributed by atoms with Crippen molar-refractivity contribution in [2.24, 2.45) is 11.8 Å². The van der Waals surface area contributed by atoms with E-state index in [1.807, 2.05) is 31.2 Å². The second-order valence-electron chi connectivity index (χ2n) is 9.71. The summed E-state index contributed by atoms with van der Waals surface area (Å²) in [4.78, 5) is 32.3. The number of hydrogen-bond acceptors (Lipinski definition) is 5. The van der Waals surface area contributed by atoms with E-state index in [-0.39, 0.29) is 18.3 Å². The van der Waals surface area contributed by atoms with Crippen molar-refractivity contribution in [3.8, 4) is 5.75 Å². The number of Topliss-reactive ketones (excluding diaryl/α,β-unsaturated/α-hetero) is 1. The minimum atomic E-state index is -0.0808. The molecule has 0 fully saturated rings. The van der Waals surface area contributed by atoms with Gasteiger partial charge in [-0.1, -0.05) is 102 Å². The van der Waals surface area contributed by atoms with Crippen LogP contribution in [0.1, 0.15) is 89.1 Å². The number of aryl methyl sites for hydroxylation is 1. The summed E-state index contributed by atoms with van der Waals surface area (Å²) < 4.78 is 5.10. The summed E-state index contributed by atoms with van der Waals surface area (Å²) in [5.41, 5.74) is 1.79. The maximum Gasteiger partial charge on any atom is 0.306 e. The Balaban J connectivity index is 0. The molecule has 0 bridgehead atoms. The molecule has 2 aromatic carbocycles. The van der Waals surface area contributed by atoms with Crippen LogP contribution in [0.15, 0.2) is 67.3 Å². The molecule has 0 aromatic heterocycles. The second kappa shape index (κ2) is 26.2. The number of esters is 1. The van der Waals surface area contributed by atoms with Crippen LogP contribution in [0.2, 0.25) is 0 Å². The van der Waals surface area contributed by atoms with Crippen molar-refractivity contribution in [2.75, 3.05) is 13.2 Å². The van der Waals surface area contributed by atoms with Crippen molar-refractivity contribution in [2.45, 2.75) is 80.1 Å². The molecule has 0 saturated carbocycles. The van der Waals surface area contributed by atoms with Gasteiger partial charge in [-0.15, -0.1) is 6.58 Å². The van der Waals surface area contributed by atoms with Crippen LogP contribution in [0, 0.1) is 18.8 Å². The van der Waals surface area contributed by atoms with Gasteiger partial charge in [-0.3, -0.25) is 14.4 Å². The first-order valence-corrected chi connectivity index (χ1v) is 13.9. The van der Waals surface area contributed by atoms with Gasteiger partial charge in [0.15, 0.2) is 5.78 Å². The van der Waals surface area contributed by atoms with Crippen LogP contribution in [0.3, 0.4) is 0 Å². The summed E-state index contributed by atoms with van der Waals surface area (Å²) in [5.74, 6) is 1.32. The molecule has 2 rings (SSSR count). The van der Waals surface area contributed by atoms with Crippen molar-refractivity contribution in [1.29, 1.82) is 0 Å². The molecule has 0 radical (unpaired) electrons. The predicted molar refractivity (Wildman–Crippen MR) is 162 cm³/mol. The summed E-state index contributed by atoms with van der Waals surface area (Å²) >= 11 is 0. The monoisotopic (exact) mass is 541 g/mol. The van der Waals surface area contributed by atoms with Gasteiger partial charge < -0.3 is 15.2 Å². The van der Waals surface area contributed by atoms with Crippen LogP contribution in [-0.2, 0) is 14.3 Å². The molecule has 2 N–H and O–H groups in total. The van der Waals surface area contributed by atoms with Gasteiger partial charge in [-0.05, 0) is 50.2 Å². The minimum Gasteiger partial charge on any atom is -0.508 e. The lowest BCUT2D eigenvalue weighted by Crippen LogP contribution is -2.21. The van der Waals surface area contributed by atoms with Gasteiger partial charge in [0.1, 0.15) is 5.75 Å². The van der Waals surface area contributed by atoms with Crippen LogP contribution in [0.5, 0.6) is 5.75 Å². The average molecular weight is 542 g/mol. The molecule has 1 atom stereocenters. The van der Waals surface area contributed by atoms with E-state index in [1.54, 1.807) is 36.4 Å². The standard InChI is InChI=1S/C12H24O2.C9H9NO2.C7H8O.C5H10/c1-5-6-7-14-12(13)9-11(4)8-10(2)3;11-7-10-6-9(12)8-4-2-1-3-5-8;1-6-2-4-7(8)5-3-6;1-3-5-4-2/h10-11H,5-9H2,1-4H3;1-5,7H,6H2,(H,10,11);2-5,8H,1H3;3H,1,4-5H2,2H3. The van der Waals surface area contributed by atoms with Crippen LogP contribution >= 0.6 is 0 Å². The number of allylic oxidation sites excluding steroid dienone is 1. The lowest BCUT2D eigenvalue weighted by atomic mass is 9.96. The average Bonchev–Trinajstić information content (AvgIpc) is 2.90. The topological polar surface area (TPSA) is 92.7 Å². The third-order valence-electron chi connectivity index (χ3n) is 5.12. The van der Waals surface area contributed by atoms with Crippen LogP contribution in [0.4, 0.5) is 0 Å². The zero-order valence-corrected chi connectivity index (χ0v) is 24.9. The summed E-state index contributed by atoms with van der Waals surface area (Å²) in [5, 5.41) is 11.1. The lowest BCUT2D eigenvalue weighted by Gasteiger charge is -2.12. The van der Waals surface area contributed by atoms with Gasteiger partial charge in [-0.25, -0.2) is 0 Å². The molecule has 1 amide bonds. The zero-order valence-electron chi connectivity index (χ0n) is 24.9. The van der Waals surface area contributed by atoms with Crippen LogP contribution < -0.4 is 5.32 Å². The smallest absolute Gasteiger partial charge is 0.306 e. The van der Waals surface area contributed by atoms with Crippen LogP contribution in [-0.4, -0.2) is 36.4 Å². The highest BCUT2D eigenvalue weighted by molar-refractivity contribution is 5.98. The minimum absolute atomic E-state index is 0.0356. The number of carbonyl (C=O) groups excluding carboxylic acids is 3. The summed E-state index contributed by atoms with van der Waals surface area (Å²) in [6.45, 7) is 16.9. The maximum atomic E-state index is 11.3. The number of nitrogens with one attached hydrogen (secondary N) is 1. The first-order valence-electron chi connectivity index (χ1n) is 13.9. The van der Waals surface area contributed by atoms with E-state index in [0.717, 1.165) is 25.7 Å². The Bertz CT molecular complexity index is 858. The quantitative estimate of drug-likeness (QED) is 0.0891.